The highest BCUT2D eigenvalue weighted by Gasteiger charge is 2.08. The first kappa shape index (κ1) is 10.3. The van der Waals surface area contributed by atoms with Gasteiger partial charge < -0.3 is 5.11 Å². The van der Waals surface area contributed by atoms with Gasteiger partial charge in [-0.05, 0) is 13.0 Å². The second-order valence-electron chi connectivity index (χ2n) is 3.16. The van der Waals surface area contributed by atoms with Crippen LogP contribution in [0.5, 0.6) is 0 Å². The van der Waals surface area contributed by atoms with Crippen molar-refractivity contribution in [3.63, 3.8) is 0 Å². The number of aromatic nitrogens is 1. The van der Waals surface area contributed by atoms with Gasteiger partial charge in [-0.15, -0.1) is 22.7 Å². The largest absolute Gasteiger partial charge is 0.481 e. The molecule has 2 aromatic heterocycles. The SMILES string of the molecule is Cc1cc(-c2nc(CC(=O)O)cs2)cs1. The van der Waals surface area contributed by atoms with E-state index >= 15 is 0 Å². The Morgan fingerprint density at radius 2 is 2.27 bits per heavy atom. The minimum atomic E-state index is -0.839. The van der Waals surface area contributed by atoms with E-state index in [-0.39, 0.29) is 6.42 Å². The van der Waals surface area contributed by atoms with E-state index in [0.29, 0.717) is 5.69 Å². The average Bonchev–Trinajstić information content (AvgIpc) is 2.72. The van der Waals surface area contributed by atoms with Crippen LogP contribution < -0.4 is 0 Å². The zero-order valence-electron chi connectivity index (χ0n) is 8.06. The highest BCUT2D eigenvalue weighted by Crippen LogP contribution is 2.28. The summed E-state index contributed by atoms with van der Waals surface area (Å²) in [6.45, 7) is 2.04. The molecule has 3 nitrogen and oxygen atoms in total. The molecule has 0 aliphatic heterocycles. The highest BCUT2D eigenvalue weighted by atomic mass is 32.1. The lowest BCUT2D eigenvalue weighted by Crippen LogP contribution is -1.99. The molecule has 15 heavy (non-hydrogen) atoms. The molecule has 0 radical (unpaired) electrons. The number of hydrogen-bond donors (Lipinski definition) is 1. The lowest BCUT2D eigenvalue weighted by Gasteiger charge is -1.89. The van der Waals surface area contributed by atoms with Crippen molar-refractivity contribution >= 4 is 28.6 Å². The van der Waals surface area contributed by atoms with Gasteiger partial charge in [0.2, 0.25) is 0 Å². The maximum absolute atomic E-state index is 10.5. The molecular weight excluding hydrogens is 230 g/mol. The number of aliphatic carboxylic acids is 1. The number of nitrogens with zero attached hydrogens (tertiary/aromatic N) is 1. The fourth-order valence-electron chi connectivity index (χ4n) is 1.23. The number of carbonyl (C=O) groups is 1. The molecule has 0 atom stereocenters. The third-order valence-corrected chi connectivity index (χ3v) is 3.66. The van der Waals surface area contributed by atoms with Gasteiger partial charge in [-0.1, -0.05) is 0 Å². The Labute approximate surface area is 95.0 Å². The van der Waals surface area contributed by atoms with E-state index in [1.165, 1.54) is 16.2 Å². The molecule has 0 fully saturated rings. The molecule has 2 heterocycles. The van der Waals surface area contributed by atoms with Crippen LogP contribution in [0.15, 0.2) is 16.8 Å². The van der Waals surface area contributed by atoms with Gasteiger partial charge in [0.25, 0.3) is 0 Å². The molecule has 0 saturated heterocycles. The van der Waals surface area contributed by atoms with E-state index < -0.39 is 5.97 Å². The maximum Gasteiger partial charge on any atom is 0.309 e. The molecule has 2 rings (SSSR count). The smallest absolute Gasteiger partial charge is 0.309 e. The van der Waals surface area contributed by atoms with E-state index in [0.717, 1.165) is 10.6 Å². The Kier molecular flexibility index (Phi) is 2.83. The standard InChI is InChI=1S/C10H9NO2S2/c1-6-2-7(4-14-6)10-11-8(5-15-10)3-9(12)13/h2,4-5H,3H2,1H3,(H,12,13). The average molecular weight is 239 g/mol. The van der Waals surface area contributed by atoms with Crippen molar-refractivity contribution in [3.05, 3.63) is 27.4 Å². The molecule has 0 bridgehead atoms. The first-order valence-electron chi connectivity index (χ1n) is 4.37. The van der Waals surface area contributed by atoms with Gasteiger partial charge in [-0.25, -0.2) is 4.98 Å². The molecule has 0 aromatic carbocycles. The molecule has 0 spiro atoms. The predicted octanol–water partition coefficient (Wildman–Crippen LogP) is 2.81. The van der Waals surface area contributed by atoms with Crippen LogP contribution in [0.25, 0.3) is 10.6 Å². The first-order chi connectivity index (χ1) is 7.15. The number of carboxylic acid groups (broad SMARTS) is 1. The summed E-state index contributed by atoms with van der Waals surface area (Å²) in [5.74, 6) is -0.839. The van der Waals surface area contributed by atoms with Crippen LogP contribution in [0.2, 0.25) is 0 Å². The summed E-state index contributed by atoms with van der Waals surface area (Å²) in [6.07, 6.45) is -0.000378. The number of hydrogen-bond acceptors (Lipinski definition) is 4. The molecule has 2 aromatic rings. The molecule has 0 amide bonds. The van der Waals surface area contributed by atoms with Crippen molar-refractivity contribution in [2.45, 2.75) is 13.3 Å². The van der Waals surface area contributed by atoms with Crippen molar-refractivity contribution < 1.29 is 9.90 Å². The van der Waals surface area contributed by atoms with E-state index in [1.54, 1.807) is 16.7 Å². The van der Waals surface area contributed by atoms with E-state index in [9.17, 15) is 4.79 Å². The summed E-state index contributed by atoms with van der Waals surface area (Å²) in [5, 5.41) is 13.4. The van der Waals surface area contributed by atoms with Gasteiger partial charge in [-0.3, -0.25) is 4.79 Å². The topological polar surface area (TPSA) is 50.2 Å². The quantitative estimate of drug-likeness (QED) is 0.896. The number of carboxylic acids is 1. The minimum absolute atomic E-state index is 0.000378. The molecule has 1 N–H and O–H groups in total. The molecule has 0 unspecified atom stereocenters. The summed E-state index contributed by atoms with van der Waals surface area (Å²) in [4.78, 5) is 16.0. The molecule has 78 valence electrons. The Hall–Kier alpha value is -1.20. The Morgan fingerprint density at radius 1 is 1.47 bits per heavy atom. The van der Waals surface area contributed by atoms with Crippen molar-refractivity contribution in [1.29, 1.82) is 0 Å². The lowest BCUT2D eigenvalue weighted by atomic mass is 10.3. The molecular formula is C10H9NO2S2. The zero-order valence-corrected chi connectivity index (χ0v) is 9.69. The van der Waals surface area contributed by atoms with Gasteiger partial charge in [0.1, 0.15) is 5.01 Å². The first-order valence-corrected chi connectivity index (χ1v) is 6.13. The fourth-order valence-corrected chi connectivity index (χ4v) is 2.80. The van der Waals surface area contributed by atoms with Crippen LogP contribution in [0.3, 0.4) is 0 Å². The second kappa shape index (κ2) is 4.12. The van der Waals surface area contributed by atoms with Crippen molar-refractivity contribution in [1.82, 2.24) is 4.98 Å². The Bertz CT molecular complexity index is 487. The third kappa shape index (κ3) is 2.43. The number of rotatable bonds is 3. The molecule has 0 aliphatic carbocycles. The zero-order chi connectivity index (χ0) is 10.8. The number of thiophene rings is 1. The predicted molar refractivity (Wildman–Crippen MR) is 61.5 cm³/mol. The molecule has 0 aliphatic rings. The van der Waals surface area contributed by atoms with Crippen LogP contribution in [-0.2, 0) is 11.2 Å². The van der Waals surface area contributed by atoms with Crippen LogP contribution in [0.1, 0.15) is 10.6 Å². The van der Waals surface area contributed by atoms with Crippen LogP contribution in [0, 0.1) is 6.92 Å². The minimum Gasteiger partial charge on any atom is -0.481 e. The van der Waals surface area contributed by atoms with E-state index in [2.05, 4.69) is 11.1 Å². The van der Waals surface area contributed by atoms with Gasteiger partial charge in [0, 0.05) is 21.2 Å². The number of thiazole rings is 1. The maximum atomic E-state index is 10.5. The number of aryl methyl sites for hydroxylation is 1. The summed E-state index contributed by atoms with van der Waals surface area (Å²) < 4.78 is 0. The molecule has 0 saturated carbocycles. The van der Waals surface area contributed by atoms with Crippen LogP contribution >= 0.6 is 22.7 Å². The van der Waals surface area contributed by atoms with E-state index in [1.807, 2.05) is 12.3 Å². The summed E-state index contributed by atoms with van der Waals surface area (Å²) in [7, 11) is 0. The van der Waals surface area contributed by atoms with Gasteiger partial charge >= 0.3 is 5.97 Å². The van der Waals surface area contributed by atoms with Crippen molar-refractivity contribution in [2.75, 3.05) is 0 Å². The van der Waals surface area contributed by atoms with Gasteiger partial charge in [0.05, 0.1) is 12.1 Å². The van der Waals surface area contributed by atoms with Gasteiger partial charge in [0.15, 0.2) is 0 Å². The highest BCUT2D eigenvalue weighted by molar-refractivity contribution is 7.14. The van der Waals surface area contributed by atoms with Crippen LogP contribution in [-0.4, -0.2) is 16.1 Å². The summed E-state index contributed by atoms with van der Waals surface area (Å²) in [5.41, 5.74) is 1.71. The monoisotopic (exact) mass is 239 g/mol. The van der Waals surface area contributed by atoms with Gasteiger partial charge in [-0.2, -0.15) is 0 Å². The second-order valence-corrected chi connectivity index (χ2v) is 5.13. The van der Waals surface area contributed by atoms with E-state index in [4.69, 9.17) is 5.11 Å². The Balaban J connectivity index is 2.23. The van der Waals surface area contributed by atoms with Crippen molar-refractivity contribution in [2.24, 2.45) is 0 Å². The Morgan fingerprint density at radius 3 is 2.87 bits per heavy atom. The van der Waals surface area contributed by atoms with Crippen LogP contribution in [0.4, 0.5) is 0 Å². The third-order valence-electron chi connectivity index (χ3n) is 1.86. The molecule has 5 heteroatoms. The normalized spacial score (nSPS) is 10.5. The lowest BCUT2D eigenvalue weighted by molar-refractivity contribution is -0.136. The fraction of sp³-hybridized carbons (Fsp3) is 0.200. The summed E-state index contributed by atoms with van der Waals surface area (Å²) in [6, 6.07) is 2.06. The van der Waals surface area contributed by atoms with Crippen molar-refractivity contribution in [3.8, 4) is 10.6 Å². The summed E-state index contributed by atoms with van der Waals surface area (Å²) >= 11 is 3.16.